The monoisotopic (exact) mass is 396 g/mol. The summed E-state index contributed by atoms with van der Waals surface area (Å²) in [5, 5.41) is 0. The number of cyclic esters (lactones) is 1. The summed E-state index contributed by atoms with van der Waals surface area (Å²) in [4.78, 5) is 20.6. The molecule has 2 aromatic rings. The molecule has 0 aromatic heterocycles. The molecule has 1 aliphatic heterocycles. The summed E-state index contributed by atoms with van der Waals surface area (Å²) in [5.74, 6) is -4.65. The number of benzene rings is 2. The lowest BCUT2D eigenvalue weighted by molar-refractivity contribution is -0.166. The summed E-state index contributed by atoms with van der Waals surface area (Å²) < 4.78 is 63.0. The van der Waals surface area contributed by atoms with Crippen molar-refractivity contribution in [3.63, 3.8) is 0 Å². The van der Waals surface area contributed by atoms with Crippen molar-refractivity contribution < 1.29 is 36.3 Å². The van der Waals surface area contributed by atoms with Crippen molar-refractivity contribution in [2.75, 3.05) is 0 Å². The van der Waals surface area contributed by atoms with Gasteiger partial charge in [0.05, 0.1) is 6.42 Å². The molecule has 0 saturated carbocycles. The van der Waals surface area contributed by atoms with Crippen LogP contribution in [-0.2, 0) is 35.5 Å². The van der Waals surface area contributed by atoms with Crippen LogP contribution in [-0.4, -0.2) is 25.3 Å². The predicted molar refractivity (Wildman–Crippen MR) is 87.8 cm³/mol. The second-order valence-corrected chi connectivity index (χ2v) is 7.97. The number of rotatable bonds is 5. The van der Waals surface area contributed by atoms with E-state index in [9.17, 15) is 26.8 Å². The van der Waals surface area contributed by atoms with Crippen LogP contribution in [0.25, 0.3) is 0 Å². The molecular weight excluding hydrogens is 382 g/mol. The number of sulfone groups is 1. The minimum absolute atomic E-state index is 0.263. The molecule has 9 heteroatoms. The van der Waals surface area contributed by atoms with Gasteiger partial charge in [0.15, 0.2) is 0 Å². The van der Waals surface area contributed by atoms with E-state index in [1.54, 1.807) is 30.3 Å². The molecule has 1 unspecified atom stereocenters. The van der Waals surface area contributed by atoms with Crippen LogP contribution >= 0.6 is 0 Å². The maximum atomic E-state index is 14.1. The predicted octanol–water partition coefficient (Wildman–Crippen LogP) is 2.52. The van der Waals surface area contributed by atoms with Crippen molar-refractivity contribution in [3.05, 3.63) is 65.7 Å². The maximum absolute atomic E-state index is 14.1. The van der Waals surface area contributed by atoms with E-state index in [2.05, 4.69) is 0 Å². The molecule has 1 atom stereocenters. The zero-order valence-corrected chi connectivity index (χ0v) is 14.7. The molecule has 0 bridgehead atoms. The first-order valence-electron chi connectivity index (χ1n) is 7.89. The third-order valence-corrected chi connectivity index (χ3v) is 6.31. The van der Waals surface area contributed by atoms with Crippen LogP contribution in [0.1, 0.15) is 18.4 Å². The van der Waals surface area contributed by atoms with E-state index >= 15 is 0 Å². The first-order chi connectivity index (χ1) is 12.8. The molecule has 1 fully saturated rings. The Morgan fingerprint density at radius 2 is 1.85 bits per heavy atom. The molecule has 1 aliphatic rings. The number of hydrogen-bond acceptors (Lipinski definition) is 6. The molecule has 0 amide bonds. The SMILES string of the molecule is O=C1CCC(C(=O)OCc2ccccc2)(S(=O)(=O)c2ccc(F)cc2F)O1. The Labute approximate surface area is 153 Å². The number of esters is 2. The van der Waals surface area contributed by atoms with Gasteiger partial charge in [0, 0.05) is 12.5 Å². The van der Waals surface area contributed by atoms with Gasteiger partial charge in [-0.15, -0.1) is 0 Å². The lowest BCUT2D eigenvalue weighted by Crippen LogP contribution is -2.47. The lowest BCUT2D eigenvalue weighted by atomic mass is 10.2. The molecule has 1 heterocycles. The largest absolute Gasteiger partial charge is 0.457 e. The van der Waals surface area contributed by atoms with Crippen molar-refractivity contribution in [3.8, 4) is 0 Å². The second kappa shape index (κ2) is 7.07. The average Bonchev–Trinajstić information content (AvgIpc) is 3.04. The summed E-state index contributed by atoms with van der Waals surface area (Å²) >= 11 is 0. The van der Waals surface area contributed by atoms with Crippen molar-refractivity contribution in [1.29, 1.82) is 0 Å². The molecule has 0 aliphatic carbocycles. The Balaban J connectivity index is 1.97. The van der Waals surface area contributed by atoms with Gasteiger partial charge in [-0.3, -0.25) is 4.79 Å². The number of carbonyl (C=O) groups is 2. The summed E-state index contributed by atoms with van der Waals surface area (Å²) in [7, 11) is -4.84. The fraction of sp³-hybridized carbons (Fsp3) is 0.222. The highest BCUT2D eigenvalue weighted by Crippen LogP contribution is 2.39. The Morgan fingerprint density at radius 1 is 1.15 bits per heavy atom. The number of hydrogen-bond donors (Lipinski definition) is 0. The second-order valence-electron chi connectivity index (χ2n) is 5.87. The van der Waals surface area contributed by atoms with E-state index in [4.69, 9.17) is 9.47 Å². The summed E-state index contributed by atoms with van der Waals surface area (Å²) in [5.41, 5.74) is 0.579. The van der Waals surface area contributed by atoms with E-state index in [1.165, 1.54) is 0 Å². The molecule has 1 saturated heterocycles. The van der Waals surface area contributed by atoms with Crippen LogP contribution in [0.3, 0.4) is 0 Å². The summed E-state index contributed by atoms with van der Waals surface area (Å²) in [6.07, 6.45) is -0.888. The highest BCUT2D eigenvalue weighted by molar-refractivity contribution is 7.93. The Bertz CT molecular complexity index is 990. The number of carbonyl (C=O) groups excluding carboxylic acids is 2. The van der Waals surface area contributed by atoms with Gasteiger partial charge in [-0.2, -0.15) is 0 Å². The molecule has 0 radical (unpaired) electrons. The van der Waals surface area contributed by atoms with Gasteiger partial charge >= 0.3 is 16.9 Å². The Hall–Kier alpha value is -2.81. The molecule has 3 rings (SSSR count). The third-order valence-electron chi connectivity index (χ3n) is 4.08. The molecule has 142 valence electrons. The van der Waals surface area contributed by atoms with Crippen molar-refractivity contribution in [2.24, 2.45) is 0 Å². The van der Waals surface area contributed by atoms with Crippen LogP contribution < -0.4 is 0 Å². The van der Waals surface area contributed by atoms with Gasteiger partial charge in [0.25, 0.3) is 0 Å². The van der Waals surface area contributed by atoms with Gasteiger partial charge in [-0.1, -0.05) is 30.3 Å². The van der Waals surface area contributed by atoms with Gasteiger partial charge in [0.1, 0.15) is 23.1 Å². The van der Waals surface area contributed by atoms with Crippen molar-refractivity contribution in [1.82, 2.24) is 0 Å². The zero-order valence-electron chi connectivity index (χ0n) is 13.9. The first kappa shape index (κ1) is 19.0. The van der Waals surface area contributed by atoms with E-state index < -0.39 is 49.7 Å². The highest BCUT2D eigenvalue weighted by atomic mass is 32.2. The van der Waals surface area contributed by atoms with E-state index in [1.807, 2.05) is 0 Å². The van der Waals surface area contributed by atoms with Gasteiger partial charge < -0.3 is 9.47 Å². The standard InChI is InChI=1S/C18H14F2O6S/c19-13-6-7-15(14(20)10-13)27(23,24)18(9-8-16(21)26-18)17(22)25-11-12-4-2-1-3-5-12/h1-7,10H,8-9,11H2. The van der Waals surface area contributed by atoms with Gasteiger partial charge in [-0.25, -0.2) is 22.0 Å². The minimum Gasteiger partial charge on any atom is -0.457 e. The Kier molecular flexibility index (Phi) is 4.97. The normalized spacial score (nSPS) is 19.6. The zero-order chi connectivity index (χ0) is 19.7. The fourth-order valence-corrected chi connectivity index (χ4v) is 4.47. The van der Waals surface area contributed by atoms with Crippen LogP contribution in [0.15, 0.2) is 53.4 Å². The van der Waals surface area contributed by atoms with Crippen LogP contribution in [0.2, 0.25) is 0 Å². The molecule has 6 nitrogen and oxygen atoms in total. The summed E-state index contributed by atoms with van der Waals surface area (Å²) in [6, 6.07) is 10.2. The lowest BCUT2D eigenvalue weighted by Gasteiger charge is -2.25. The smallest absolute Gasteiger partial charge is 0.367 e. The molecule has 0 spiro atoms. The summed E-state index contributed by atoms with van der Waals surface area (Å²) in [6.45, 7) is -0.263. The minimum atomic E-state index is -4.84. The fourth-order valence-electron chi connectivity index (χ4n) is 2.70. The Morgan fingerprint density at radius 3 is 2.44 bits per heavy atom. The number of halogens is 2. The van der Waals surface area contributed by atoms with Crippen LogP contribution in [0, 0.1) is 11.6 Å². The van der Waals surface area contributed by atoms with E-state index in [0.717, 1.165) is 6.07 Å². The van der Waals surface area contributed by atoms with Crippen molar-refractivity contribution in [2.45, 2.75) is 29.3 Å². The molecule has 2 aromatic carbocycles. The first-order valence-corrected chi connectivity index (χ1v) is 9.37. The maximum Gasteiger partial charge on any atom is 0.367 e. The highest BCUT2D eigenvalue weighted by Gasteiger charge is 2.60. The van der Waals surface area contributed by atoms with Crippen LogP contribution in [0.4, 0.5) is 8.78 Å². The third kappa shape index (κ3) is 3.42. The van der Waals surface area contributed by atoms with E-state index in [-0.39, 0.29) is 13.0 Å². The molecule has 0 N–H and O–H groups in total. The van der Waals surface area contributed by atoms with Gasteiger partial charge in [0.2, 0.25) is 9.84 Å². The molecular formula is C18H14F2O6S. The van der Waals surface area contributed by atoms with E-state index in [0.29, 0.717) is 17.7 Å². The van der Waals surface area contributed by atoms with Gasteiger partial charge in [-0.05, 0) is 17.7 Å². The topological polar surface area (TPSA) is 86.7 Å². The van der Waals surface area contributed by atoms with Crippen molar-refractivity contribution >= 4 is 21.8 Å². The number of ether oxygens (including phenoxy) is 2. The molecule has 27 heavy (non-hydrogen) atoms. The van der Waals surface area contributed by atoms with Crippen LogP contribution in [0.5, 0.6) is 0 Å². The quantitative estimate of drug-likeness (QED) is 0.570. The average molecular weight is 396 g/mol.